The molecule has 0 amide bonds. The summed E-state index contributed by atoms with van der Waals surface area (Å²) >= 11 is 0. The fraction of sp³-hybridized carbons (Fsp3) is 0.211. The molecule has 2 aromatic rings. The van der Waals surface area contributed by atoms with Crippen LogP contribution in [0.2, 0.25) is 0 Å². The summed E-state index contributed by atoms with van der Waals surface area (Å²) < 4.78 is 63.9. The summed E-state index contributed by atoms with van der Waals surface area (Å²) in [6.07, 6.45) is 2.54. The first-order valence-corrected chi connectivity index (χ1v) is 9.80. The van der Waals surface area contributed by atoms with Gasteiger partial charge in [-0.1, -0.05) is 24.3 Å². The molecule has 0 saturated heterocycles. The van der Waals surface area contributed by atoms with Crippen LogP contribution in [0.15, 0.2) is 65.7 Å². The van der Waals surface area contributed by atoms with Crippen molar-refractivity contribution in [2.24, 2.45) is 0 Å². The monoisotopic (exact) mass is 396 g/mol. The van der Waals surface area contributed by atoms with Crippen LogP contribution < -0.4 is 0 Å². The molecular formula is C19H19F3N2O2S. The van der Waals surface area contributed by atoms with Crippen molar-refractivity contribution in [3.05, 3.63) is 72.4 Å². The van der Waals surface area contributed by atoms with Crippen LogP contribution in [0.1, 0.15) is 25.4 Å². The van der Waals surface area contributed by atoms with Crippen LogP contribution in [-0.2, 0) is 16.0 Å². The van der Waals surface area contributed by atoms with E-state index in [-0.39, 0.29) is 10.7 Å². The number of sulfone groups is 1. The minimum Gasteiger partial charge on any atom is -0.299 e. The normalized spacial score (nSPS) is 13.3. The first-order valence-electron chi connectivity index (χ1n) is 7.91. The van der Waals surface area contributed by atoms with Crippen molar-refractivity contribution in [3.8, 4) is 5.69 Å². The lowest BCUT2D eigenvalue weighted by Crippen LogP contribution is -2.05. The van der Waals surface area contributed by atoms with E-state index >= 15 is 0 Å². The summed E-state index contributed by atoms with van der Waals surface area (Å²) in [4.78, 5) is 3.77. The minimum absolute atomic E-state index is 0.0262. The Morgan fingerprint density at radius 1 is 1.22 bits per heavy atom. The number of halogens is 3. The highest BCUT2D eigenvalue weighted by Crippen LogP contribution is 2.31. The molecule has 0 saturated carbocycles. The predicted octanol–water partition coefficient (Wildman–Crippen LogP) is 4.83. The molecule has 144 valence electrons. The molecule has 0 N–H and O–H groups in total. The SMILES string of the molecule is C=C(/C=C(C)\C=C/C)c1nc(C(F)(F)F)cn1-c1ccc(S(C)(=O)=O)cc1. The van der Waals surface area contributed by atoms with Gasteiger partial charge in [-0.05, 0) is 44.2 Å². The molecular weight excluding hydrogens is 377 g/mol. The van der Waals surface area contributed by atoms with E-state index < -0.39 is 21.7 Å². The number of rotatable bonds is 5. The Balaban J connectivity index is 2.59. The van der Waals surface area contributed by atoms with Crippen molar-refractivity contribution in [1.82, 2.24) is 9.55 Å². The zero-order chi connectivity index (χ0) is 20.4. The van der Waals surface area contributed by atoms with E-state index in [9.17, 15) is 21.6 Å². The first kappa shape index (κ1) is 20.7. The van der Waals surface area contributed by atoms with E-state index in [1.165, 1.54) is 28.8 Å². The Kier molecular flexibility index (Phi) is 5.79. The second-order valence-corrected chi connectivity index (χ2v) is 8.01. The quantitative estimate of drug-likeness (QED) is 0.680. The van der Waals surface area contributed by atoms with Crippen LogP contribution in [0.25, 0.3) is 11.3 Å². The maximum atomic E-state index is 13.2. The Labute approximate surface area is 156 Å². The van der Waals surface area contributed by atoms with Gasteiger partial charge in [0, 0.05) is 23.7 Å². The topological polar surface area (TPSA) is 52.0 Å². The lowest BCUT2D eigenvalue weighted by Gasteiger charge is -2.09. The van der Waals surface area contributed by atoms with Crippen LogP contribution in [0.4, 0.5) is 13.2 Å². The number of nitrogens with zero attached hydrogens (tertiary/aromatic N) is 2. The van der Waals surface area contributed by atoms with Gasteiger partial charge in [-0.2, -0.15) is 13.2 Å². The first-order chi connectivity index (χ1) is 12.4. The average molecular weight is 396 g/mol. The zero-order valence-electron chi connectivity index (χ0n) is 15.1. The van der Waals surface area contributed by atoms with Crippen molar-refractivity contribution in [2.45, 2.75) is 24.9 Å². The number of alkyl halides is 3. The van der Waals surface area contributed by atoms with Gasteiger partial charge in [-0.15, -0.1) is 0 Å². The van der Waals surface area contributed by atoms with Crippen molar-refractivity contribution in [2.75, 3.05) is 6.26 Å². The van der Waals surface area contributed by atoms with E-state index in [4.69, 9.17) is 0 Å². The molecule has 0 spiro atoms. The summed E-state index contributed by atoms with van der Waals surface area (Å²) in [7, 11) is -3.41. The van der Waals surface area contributed by atoms with Crippen molar-refractivity contribution < 1.29 is 21.6 Å². The van der Waals surface area contributed by atoms with Crippen molar-refractivity contribution in [3.63, 3.8) is 0 Å². The van der Waals surface area contributed by atoms with Crippen LogP contribution in [0, 0.1) is 0 Å². The number of imidazole rings is 1. The summed E-state index contributed by atoms with van der Waals surface area (Å²) in [5.41, 5.74) is 0.396. The standard InChI is InChI=1S/C19H19F3N2O2S/c1-5-6-13(2)11-14(3)18-23-17(19(20,21)22)12-24(18)15-7-9-16(10-8-15)27(4,25)26/h5-12H,3H2,1-2,4H3/b6-5-,13-11-. The molecule has 0 bridgehead atoms. The molecule has 8 heteroatoms. The number of allylic oxidation sites excluding steroid dienone is 5. The van der Waals surface area contributed by atoms with Gasteiger partial charge in [0.2, 0.25) is 0 Å². The molecule has 0 aliphatic carbocycles. The highest BCUT2D eigenvalue weighted by Gasteiger charge is 2.35. The molecule has 0 atom stereocenters. The molecule has 1 aromatic carbocycles. The van der Waals surface area contributed by atoms with Gasteiger partial charge >= 0.3 is 6.18 Å². The molecule has 0 unspecified atom stereocenters. The lowest BCUT2D eigenvalue weighted by atomic mass is 10.1. The highest BCUT2D eigenvalue weighted by molar-refractivity contribution is 7.90. The Bertz CT molecular complexity index is 1010. The third kappa shape index (κ3) is 4.97. The van der Waals surface area contributed by atoms with E-state index in [1.807, 2.05) is 6.92 Å². The molecule has 2 rings (SSSR count). The molecule has 0 aliphatic heterocycles. The summed E-state index contributed by atoms with van der Waals surface area (Å²) in [6, 6.07) is 5.53. The van der Waals surface area contributed by atoms with Gasteiger partial charge in [0.1, 0.15) is 5.82 Å². The highest BCUT2D eigenvalue weighted by atomic mass is 32.2. The minimum atomic E-state index is -4.62. The van der Waals surface area contributed by atoms with Gasteiger partial charge in [0.15, 0.2) is 15.5 Å². The Morgan fingerprint density at radius 2 is 1.81 bits per heavy atom. The summed E-state index contributed by atoms with van der Waals surface area (Å²) in [6.45, 7) is 7.45. The molecule has 4 nitrogen and oxygen atoms in total. The van der Waals surface area contributed by atoms with Crippen molar-refractivity contribution in [1.29, 1.82) is 0 Å². The molecule has 0 fully saturated rings. The van der Waals surface area contributed by atoms with Crippen LogP contribution >= 0.6 is 0 Å². The second-order valence-electron chi connectivity index (χ2n) is 6.00. The predicted molar refractivity (Wildman–Crippen MR) is 99.3 cm³/mol. The van der Waals surface area contributed by atoms with E-state index in [1.54, 1.807) is 25.2 Å². The molecule has 0 radical (unpaired) electrons. The average Bonchev–Trinajstić information content (AvgIpc) is 3.00. The molecule has 27 heavy (non-hydrogen) atoms. The van der Waals surface area contributed by atoms with E-state index in [2.05, 4.69) is 11.6 Å². The smallest absolute Gasteiger partial charge is 0.299 e. The third-order valence-electron chi connectivity index (χ3n) is 3.66. The number of aromatic nitrogens is 2. The van der Waals surface area contributed by atoms with Crippen LogP contribution in [0.5, 0.6) is 0 Å². The maximum Gasteiger partial charge on any atom is 0.434 e. The van der Waals surface area contributed by atoms with Gasteiger partial charge in [0.25, 0.3) is 0 Å². The third-order valence-corrected chi connectivity index (χ3v) is 4.79. The second kappa shape index (κ2) is 7.56. The lowest BCUT2D eigenvalue weighted by molar-refractivity contribution is -0.140. The van der Waals surface area contributed by atoms with Crippen LogP contribution in [0.3, 0.4) is 0 Å². The Morgan fingerprint density at radius 3 is 2.30 bits per heavy atom. The Hall–Kier alpha value is -2.61. The summed E-state index contributed by atoms with van der Waals surface area (Å²) in [5, 5.41) is 0. The van der Waals surface area contributed by atoms with E-state index in [0.717, 1.165) is 18.0 Å². The van der Waals surface area contributed by atoms with Crippen molar-refractivity contribution >= 4 is 15.4 Å². The van der Waals surface area contributed by atoms with Crippen LogP contribution in [-0.4, -0.2) is 24.2 Å². The number of hydrogen-bond acceptors (Lipinski definition) is 3. The van der Waals surface area contributed by atoms with E-state index in [0.29, 0.717) is 11.3 Å². The van der Waals surface area contributed by atoms with Gasteiger partial charge in [-0.3, -0.25) is 4.57 Å². The largest absolute Gasteiger partial charge is 0.434 e. The number of benzene rings is 1. The fourth-order valence-corrected chi connectivity index (χ4v) is 3.07. The van der Waals surface area contributed by atoms with Gasteiger partial charge in [-0.25, -0.2) is 13.4 Å². The fourth-order valence-electron chi connectivity index (χ4n) is 2.44. The number of hydrogen-bond donors (Lipinski definition) is 0. The maximum absolute atomic E-state index is 13.2. The molecule has 1 aromatic heterocycles. The van der Waals surface area contributed by atoms with Gasteiger partial charge in [0.05, 0.1) is 4.90 Å². The molecule has 0 aliphatic rings. The molecule has 1 heterocycles. The zero-order valence-corrected chi connectivity index (χ0v) is 15.9. The van der Waals surface area contributed by atoms with Gasteiger partial charge < -0.3 is 0 Å². The summed E-state index contributed by atoms with van der Waals surface area (Å²) in [5.74, 6) is 0.0262.